The van der Waals surface area contributed by atoms with Crippen LogP contribution in [0.15, 0.2) is 23.7 Å². The first-order valence-electron chi connectivity index (χ1n) is 6.61. The lowest BCUT2D eigenvalue weighted by Crippen LogP contribution is -1.88. The summed E-state index contributed by atoms with van der Waals surface area (Å²) in [6.07, 6.45) is 2.38. The van der Waals surface area contributed by atoms with E-state index >= 15 is 0 Å². The zero-order chi connectivity index (χ0) is 15.0. The van der Waals surface area contributed by atoms with E-state index < -0.39 is 0 Å². The van der Waals surface area contributed by atoms with E-state index in [4.69, 9.17) is 0 Å². The van der Waals surface area contributed by atoms with Crippen LogP contribution in [0.1, 0.15) is 17.5 Å². The second-order valence-corrected chi connectivity index (χ2v) is 5.82. The van der Waals surface area contributed by atoms with Crippen molar-refractivity contribution in [3.05, 3.63) is 34.3 Å². The van der Waals surface area contributed by atoms with E-state index in [-0.39, 0.29) is 11.5 Å². The number of thiazole rings is 1. The molecule has 5 nitrogen and oxygen atoms in total. The van der Waals surface area contributed by atoms with Crippen LogP contribution in [0.2, 0.25) is 0 Å². The van der Waals surface area contributed by atoms with Crippen LogP contribution in [0.4, 0.5) is 0 Å². The molecule has 0 spiro atoms. The molecule has 1 aromatic carbocycles. The molecule has 0 unspecified atom stereocenters. The first-order chi connectivity index (χ1) is 10.1. The molecule has 0 saturated heterocycles. The van der Waals surface area contributed by atoms with E-state index in [1.807, 2.05) is 19.2 Å². The first-order valence-corrected chi connectivity index (χ1v) is 7.49. The Morgan fingerprint density at radius 1 is 1.19 bits per heavy atom. The maximum absolute atomic E-state index is 10.1. The van der Waals surface area contributed by atoms with Gasteiger partial charge in [0.25, 0.3) is 0 Å². The molecule has 2 aromatic heterocycles. The summed E-state index contributed by atoms with van der Waals surface area (Å²) >= 11 is 1.57. The molecule has 0 aliphatic heterocycles. The van der Waals surface area contributed by atoms with Crippen LogP contribution in [0, 0.1) is 6.92 Å². The van der Waals surface area contributed by atoms with Crippen molar-refractivity contribution in [3.8, 4) is 34.0 Å². The third-order valence-electron chi connectivity index (χ3n) is 3.38. The molecule has 3 rings (SSSR count). The molecule has 0 bridgehead atoms. The van der Waals surface area contributed by atoms with E-state index in [0.717, 1.165) is 21.8 Å². The number of nitrogens with zero attached hydrogens (tertiary/aromatic N) is 2. The van der Waals surface area contributed by atoms with Gasteiger partial charge in [-0.15, -0.1) is 11.3 Å². The molecule has 0 aliphatic carbocycles. The standard InChI is InChI=1S/C15H15N3O2S/c1-3-9-4-10(14(20)5-13(9)19)15-11(6-16-18-15)12-7-21-8(2)17-12/h4-7,19-20H,3H2,1-2H3,(H,16,18). The maximum Gasteiger partial charge on any atom is 0.128 e. The van der Waals surface area contributed by atoms with Gasteiger partial charge in [-0.25, -0.2) is 4.98 Å². The number of aromatic amines is 1. The van der Waals surface area contributed by atoms with Gasteiger partial charge in [-0.1, -0.05) is 6.92 Å². The Labute approximate surface area is 125 Å². The minimum Gasteiger partial charge on any atom is -0.508 e. The predicted molar refractivity (Wildman–Crippen MR) is 82.6 cm³/mol. The van der Waals surface area contributed by atoms with E-state index in [0.29, 0.717) is 17.7 Å². The minimum absolute atomic E-state index is 0.0159. The zero-order valence-corrected chi connectivity index (χ0v) is 12.5. The minimum atomic E-state index is 0.0159. The Balaban J connectivity index is 2.16. The number of nitrogens with one attached hydrogen (secondary N) is 1. The van der Waals surface area contributed by atoms with Crippen molar-refractivity contribution in [1.29, 1.82) is 0 Å². The molecular formula is C15H15N3O2S. The van der Waals surface area contributed by atoms with Gasteiger partial charge in [-0.05, 0) is 25.0 Å². The summed E-state index contributed by atoms with van der Waals surface area (Å²) < 4.78 is 0. The van der Waals surface area contributed by atoms with Gasteiger partial charge in [0.2, 0.25) is 0 Å². The summed E-state index contributed by atoms with van der Waals surface area (Å²) in [5.41, 5.74) is 3.75. The first kappa shape index (κ1) is 13.6. The Hall–Kier alpha value is -2.34. The summed E-state index contributed by atoms with van der Waals surface area (Å²) in [4.78, 5) is 4.46. The molecule has 0 saturated carbocycles. The topological polar surface area (TPSA) is 82.0 Å². The molecular weight excluding hydrogens is 286 g/mol. The van der Waals surface area contributed by atoms with E-state index in [1.165, 1.54) is 6.07 Å². The van der Waals surface area contributed by atoms with Crippen molar-refractivity contribution in [2.75, 3.05) is 0 Å². The van der Waals surface area contributed by atoms with Crippen LogP contribution in [0.25, 0.3) is 22.5 Å². The number of hydrogen-bond acceptors (Lipinski definition) is 5. The van der Waals surface area contributed by atoms with Gasteiger partial charge >= 0.3 is 0 Å². The van der Waals surface area contributed by atoms with Gasteiger partial charge in [0, 0.05) is 22.6 Å². The van der Waals surface area contributed by atoms with Gasteiger partial charge in [0.15, 0.2) is 0 Å². The number of aromatic hydroxyl groups is 2. The average molecular weight is 301 g/mol. The molecule has 0 radical (unpaired) electrons. The van der Waals surface area contributed by atoms with Gasteiger partial charge in [-0.3, -0.25) is 5.10 Å². The molecule has 0 fully saturated rings. The Bertz CT molecular complexity index is 792. The fourth-order valence-corrected chi connectivity index (χ4v) is 2.89. The van der Waals surface area contributed by atoms with Gasteiger partial charge in [0.05, 0.1) is 22.6 Å². The molecule has 0 amide bonds. The lowest BCUT2D eigenvalue weighted by Gasteiger charge is -2.09. The van der Waals surface area contributed by atoms with Crippen LogP contribution in [0.3, 0.4) is 0 Å². The highest BCUT2D eigenvalue weighted by Gasteiger charge is 2.17. The Morgan fingerprint density at radius 2 is 2.00 bits per heavy atom. The predicted octanol–water partition coefficient (Wildman–Crippen LogP) is 3.48. The third-order valence-corrected chi connectivity index (χ3v) is 4.16. The summed E-state index contributed by atoms with van der Waals surface area (Å²) in [6.45, 7) is 3.90. The van der Waals surface area contributed by atoms with Gasteiger partial charge in [-0.2, -0.15) is 5.10 Å². The van der Waals surface area contributed by atoms with Crippen molar-refractivity contribution in [2.45, 2.75) is 20.3 Å². The SMILES string of the molecule is CCc1cc(-c2[nH]ncc2-c2csc(C)n2)c(O)cc1O. The molecule has 3 N–H and O–H groups in total. The highest BCUT2D eigenvalue weighted by molar-refractivity contribution is 7.09. The number of H-pyrrole nitrogens is 1. The van der Waals surface area contributed by atoms with E-state index in [9.17, 15) is 10.2 Å². The quantitative estimate of drug-likeness (QED) is 0.691. The van der Waals surface area contributed by atoms with Crippen LogP contribution in [-0.4, -0.2) is 25.4 Å². The smallest absolute Gasteiger partial charge is 0.128 e. The number of benzene rings is 1. The third kappa shape index (κ3) is 2.38. The second-order valence-electron chi connectivity index (χ2n) is 4.76. The van der Waals surface area contributed by atoms with E-state index in [1.54, 1.807) is 23.6 Å². The van der Waals surface area contributed by atoms with Crippen molar-refractivity contribution in [3.63, 3.8) is 0 Å². The molecule has 2 heterocycles. The largest absolute Gasteiger partial charge is 0.508 e. The molecule has 108 valence electrons. The van der Waals surface area contributed by atoms with Crippen LogP contribution < -0.4 is 0 Å². The summed E-state index contributed by atoms with van der Waals surface area (Å²) in [6, 6.07) is 3.14. The maximum atomic E-state index is 10.1. The summed E-state index contributed by atoms with van der Waals surface area (Å²) in [5, 5.41) is 29.9. The summed E-state index contributed by atoms with van der Waals surface area (Å²) in [7, 11) is 0. The van der Waals surface area contributed by atoms with Crippen molar-refractivity contribution in [2.24, 2.45) is 0 Å². The molecule has 0 atom stereocenters. The molecule has 21 heavy (non-hydrogen) atoms. The monoisotopic (exact) mass is 301 g/mol. The zero-order valence-electron chi connectivity index (χ0n) is 11.7. The van der Waals surface area contributed by atoms with Gasteiger partial charge in [0.1, 0.15) is 11.5 Å². The fraction of sp³-hybridized carbons (Fsp3) is 0.200. The van der Waals surface area contributed by atoms with Crippen molar-refractivity contribution >= 4 is 11.3 Å². The number of rotatable bonds is 3. The van der Waals surface area contributed by atoms with Gasteiger partial charge < -0.3 is 10.2 Å². The summed E-state index contributed by atoms with van der Waals surface area (Å²) in [5.74, 6) is 0.117. The fourth-order valence-electron chi connectivity index (χ4n) is 2.28. The highest BCUT2D eigenvalue weighted by atomic mass is 32.1. The molecule has 0 aliphatic rings. The van der Waals surface area contributed by atoms with Crippen LogP contribution >= 0.6 is 11.3 Å². The van der Waals surface area contributed by atoms with Crippen molar-refractivity contribution in [1.82, 2.24) is 15.2 Å². The van der Waals surface area contributed by atoms with Crippen LogP contribution in [0.5, 0.6) is 11.5 Å². The molecule has 3 aromatic rings. The average Bonchev–Trinajstić information content (AvgIpc) is 3.07. The Morgan fingerprint density at radius 3 is 2.67 bits per heavy atom. The number of aromatic nitrogens is 3. The van der Waals surface area contributed by atoms with Crippen LogP contribution in [-0.2, 0) is 6.42 Å². The Kier molecular flexibility index (Phi) is 3.39. The highest BCUT2D eigenvalue weighted by Crippen LogP contribution is 2.38. The number of phenolic OH excluding ortho intramolecular Hbond substituents is 2. The van der Waals surface area contributed by atoms with Crippen molar-refractivity contribution < 1.29 is 10.2 Å². The van der Waals surface area contributed by atoms with E-state index in [2.05, 4.69) is 15.2 Å². The molecule has 6 heteroatoms. The number of hydrogen-bond donors (Lipinski definition) is 3. The second kappa shape index (κ2) is 5.21. The lowest BCUT2D eigenvalue weighted by atomic mass is 10.0. The normalized spacial score (nSPS) is 11.0. The number of aryl methyl sites for hydroxylation is 2. The number of phenols is 2. The lowest BCUT2D eigenvalue weighted by molar-refractivity contribution is 0.447.